The minimum atomic E-state index is 0. The molecule has 0 saturated carbocycles. The molecule has 0 spiro atoms. The van der Waals surface area contributed by atoms with Gasteiger partial charge in [0.25, 0.3) is 0 Å². The van der Waals surface area contributed by atoms with Gasteiger partial charge in [-0.3, -0.25) is 9.59 Å². The zero-order valence-electron chi connectivity index (χ0n) is 14.2. The number of carbonyl (C=O) groups excluding carboxylic acids is 2. The highest BCUT2D eigenvalue weighted by Gasteiger charge is 2.26. The summed E-state index contributed by atoms with van der Waals surface area (Å²) in [6, 6.07) is 7.71. The summed E-state index contributed by atoms with van der Waals surface area (Å²) in [5.41, 5.74) is 0.968. The van der Waals surface area contributed by atoms with Crippen LogP contribution in [0.2, 0.25) is 5.02 Å². The fraction of sp³-hybridized carbons (Fsp3) is 0.556. The number of hydrogen-bond acceptors (Lipinski definition) is 3. The van der Waals surface area contributed by atoms with Crippen LogP contribution in [0.15, 0.2) is 24.3 Å². The first-order valence-electron chi connectivity index (χ1n) is 8.65. The third-order valence-corrected chi connectivity index (χ3v) is 5.09. The number of hydrogen-bond donors (Lipinski definition) is 1. The minimum absolute atomic E-state index is 0. The van der Waals surface area contributed by atoms with Crippen LogP contribution in [-0.4, -0.2) is 60.4 Å². The maximum absolute atomic E-state index is 12.4. The Bertz CT molecular complexity index is 580. The summed E-state index contributed by atoms with van der Waals surface area (Å²) < 4.78 is 0. The number of piperazine rings is 1. The second-order valence-corrected chi connectivity index (χ2v) is 7.00. The predicted molar refractivity (Wildman–Crippen MR) is 101 cm³/mol. The second kappa shape index (κ2) is 9.41. The van der Waals surface area contributed by atoms with E-state index >= 15 is 0 Å². The Morgan fingerprint density at radius 1 is 1.04 bits per heavy atom. The zero-order valence-corrected chi connectivity index (χ0v) is 15.8. The lowest BCUT2D eigenvalue weighted by atomic mass is 10.1. The molecule has 1 aromatic rings. The summed E-state index contributed by atoms with van der Waals surface area (Å²) in [6.45, 7) is 3.53. The van der Waals surface area contributed by atoms with Gasteiger partial charge in [0.15, 0.2) is 0 Å². The topological polar surface area (TPSA) is 52.7 Å². The van der Waals surface area contributed by atoms with Gasteiger partial charge < -0.3 is 15.1 Å². The molecule has 7 heteroatoms. The molecule has 2 heterocycles. The average molecular weight is 386 g/mol. The van der Waals surface area contributed by atoms with E-state index in [4.69, 9.17) is 11.6 Å². The van der Waals surface area contributed by atoms with E-state index in [-0.39, 0.29) is 24.2 Å². The van der Waals surface area contributed by atoms with Crippen molar-refractivity contribution >= 4 is 35.8 Å². The monoisotopic (exact) mass is 385 g/mol. The van der Waals surface area contributed by atoms with Crippen LogP contribution in [0.25, 0.3) is 0 Å². The smallest absolute Gasteiger partial charge is 0.227 e. The largest absolute Gasteiger partial charge is 0.339 e. The highest BCUT2D eigenvalue weighted by molar-refractivity contribution is 6.30. The molecular formula is C18H25Cl2N3O2. The van der Waals surface area contributed by atoms with Gasteiger partial charge in [0.05, 0.1) is 6.42 Å². The molecule has 0 radical (unpaired) electrons. The van der Waals surface area contributed by atoms with Gasteiger partial charge in [-0.15, -0.1) is 12.4 Å². The SMILES string of the molecule is Cl.O=C(Cc1ccc(Cl)cc1)N1CCN(C(=O)CC2CCCN2)CC1. The number of benzene rings is 1. The molecule has 0 aliphatic carbocycles. The van der Waals surface area contributed by atoms with E-state index in [1.165, 1.54) is 0 Å². The Morgan fingerprint density at radius 2 is 1.64 bits per heavy atom. The number of halogens is 2. The lowest BCUT2D eigenvalue weighted by Crippen LogP contribution is -2.51. The van der Waals surface area contributed by atoms with E-state index < -0.39 is 0 Å². The van der Waals surface area contributed by atoms with Crippen molar-refractivity contribution in [1.29, 1.82) is 0 Å². The Balaban J connectivity index is 0.00000225. The molecule has 2 fully saturated rings. The number of rotatable bonds is 4. The second-order valence-electron chi connectivity index (χ2n) is 6.56. The van der Waals surface area contributed by atoms with Crippen LogP contribution in [0.3, 0.4) is 0 Å². The zero-order chi connectivity index (χ0) is 16.9. The van der Waals surface area contributed by atoms with Gasteiger partial charge in [-0.25, -0.2) is 0 Å². The van der Waals surface area contributed by atoms with Crippen LogP contribution in [0.4, 0.5) is 0 Å². The average Bonchev–Trinajstić information content (AvgIpc) is 3.10. The first-order valence-corrected chi connectivity index (χ1v) is 9.03. The Kier molecular flexibility index (Phi) is 7.54. The van der Waals surface area contributed by atoms with E-state index in [0.717, 1.165) is 24.9 Å². The predicted octanol–water partition coefficient (Wildman–Crippen LogP) is 2.12. The van der Waals surface area contributed by atoms with Crippen molar-refractivity contribution in [2.24, 2.45) is 0 Å². The van der Waals surface area contributed by atoms with E-state index in [0.29, 0.717) is 50.1 Å². The van der Waals surface area contributed by atoms with Crippen molar-refractivity contribution < 1.29 is 9.59 Å². The molecule has 1 N–H and O–H groups in total. The lowest BCUT2D eigenvalue weighted by molar-refractivity contribution is -0.139. The van der Waals surface area contributed by atoms with Crippen molar-refractivity contribution in [2.75, 3.05) is 32.7 Å². The Hall–Kier alpha value is -1.30. The van der Waals surface area contributed by atoms with E-state index in [2.05, 4.69) is 5.32 Å². The molecule has 2 aliphatic heterocycles. The van der Waals surface area contributed by atoms with Crippen LogP contribution >= 0.6 is 24.0 Å². The van der Waals surface area contributed by atoms with Crippen molar-refractivity contribution in [3.63, 3.8) is 0 Å². The van der Waals surface area contributed by atoms with Gasteiger partial charge in [0.1, 0.15) is 0 Å². The quantitative estimate of drug-likeness (QED) is 0.863. The fourth-order valence-electron chi connectivity index (χ4n) is 3.36. The van der Waals surface area contributed by atoms with Crippen LogP contribution in [0.1, 0.15) is 24.8 Å². The molecule has 3 rings (SSSR count). The summed E-state index contributed by atoms with van der Waals surface area (Å²) in [5, 5.41) is 4.04. The highest BCUT2D eigenvalue weighted by atomic mass is 35.5. The molecule has 0 aromatic heterocycles. The Labute approximate surface area is 160 Å². The third-order valence-electron chi connectivity index (χ3n) is 4.84. The standard InChI is InChI=1S/C18H24ClN3O2.ClH/c19-15-5-3-14(4-6-15)12-17(23)21-8-10-22(11-9-21)18(24)13-16-2-1-7-20-16;/h3-6,16,20H,1-2,7-13H2;1H. The van der Waals surface area contributed by atoms with Crippen LogP contribution in [-0.2, 0) is 16.0 Å². The van der Waals surface area contributed by atoms with Crippen molar-refractivity contribution in [3.05, 3.63) is 34.9 Å². The normalized spacial score (nSPS) is 20.3. The highest BCUT2D eigenvalue weighted by Crippen LogP contribution is 2.14. The Morgan fingerprint density at radius 3 is 2.20 bits per heavy atom. The summed E-state index contributed by atoms with van der Waals surface area (Å²) in [4.78, 5) is 28.5. The molecule has 2 amide bonds. The van der Waals surface area contributed by atoms with Crippen molar-refractivity contribution in [2.45, 2.75) is 31.7 Å². The maximum Gasteiger partial charge on any atom is 0.227 e. The van der Waals surface area contributed by atoms with Crippen LogP contribution in [0.5, 0.6) is 0 Å². The third kappa shape index (κ3) is 5.59. The molecule has 138 valence electrons. The molecule has 2 saturated heterocycles. The van der Waals surface area contributed by atoms with Gasteiger partial charge in [-0.1, -0.05) is 23.7 Å². The fourth-order valence-corrected chi connectivity index (χ4v) is 3.49. The van der Waals surface area contributed by atoms with Gasteiger partial charge in [0.2, 0.25) is 11.8 Å². The lowest BCUT2D eigenvalue weighted by Gasteiger charge is -2.35. The van der Waals surface area contributed by atoms with Gasteiger partial charge in [-0.05, 0) is 37.1 Å². The first kappa shape index (κ1) is 20.0. The van der Waals surface area contributed by atoms with Gasteiger partial charge >= 0.3 is 0 Å². The molecule has 1 unspecified atom stereocenters. The summed E-state index contributed by atoms with van der Waals surface area (Å²) in [6.07, 6.45) is 3.21. The summed E-state index contributed by atoms with van der Waals surface area (Å²) in [5.74, 6) is 0.320. The molecule has 0 bridgehead atoms. The van der Waals surface area contributed by atoms with E-state index in [9.17, 15) is 9.59 Å². The molecule has 1 atom stereocenters. The van der Waals surface area contributed by atoms with E-state index in [1.54, 1.807) is 12.1 Å². The van der Waals surface area contributed by atoms with Gasteiger partial charge in [-0.2, -0.15) is 0 Å². The van der Waals surface area contributed by atoms with Crippen molar-refractivity contribution in [3.8, 4) is 0 Å². The summed E-state index contributed by atoms with van der Waals surface area (Å²) >= 11 is 5.87. The van der Waals surface area contributed by atoms with Crippen LogP contribution in [0, 0.1) is 0 Å². The molecule has 5 nitrogen and oxygen atoms in total. The van der Waals surface area contributed by atoms with Gasteiger partial charge in [0, 0.05) is 43.7 Å². The first-order chi connectivity index (χ1) is 11.6. The number of amides is 2. The minimum Gasteiger partial charge on any atom is -0.339 e. The van der Waals surface area contributed by atoms with Crippen LogP contribution < -0.4 is 5.32 Å². The number of nitrogens with one attached hydrogen (secondary N) is 1. The number of nitrogens with zero attached hydrogens (tertiary/aromatic N) is 2. The maximum atomic E-state index is 12.4. The number of carbonyl (C=O) groups is 2. The molecule has 2 aliphatic rings. The molecule has 1 aromatic carbocycles. The van der Waals surface area contributed by atoms with E-state index in [1.807, 2.05) is 21.9 Å². The molecule has 25 heavy (non-hydrogen) atoms. The molecular weight excluding hydrogens is 361 g/mol. The summed E-state index contributed by atoms with van der Waals surface area (Å²) in [7, 11) is 0. The van der Waals surface area contributed by atoms with Crippen molar-refractivity contribution in [1.82, 2.24) is 15.1 Å².